The molecule has 0 fully saturated rings. The predicted octanol–water partition coefficient (Wildman–Crippen LogP) is 2.84. The van der Waals surface area contributed by atoms with Crippen LogP contribution in [0.15, 0.2) is 0 Å². The average Bonchev–Trinajstić information content (AvgIpc) is 2.04. The topological polar surface area (TPSA) is 17.1 Å². The third-order valence-corrected chi connectivity index (χ3v) is 2.52. The first-order chi connectivity index (χ1) is 5.24. The Hall–Kier alpha value is 0.250. The Bertz CT molecular complexity index is 109. The van der Waals surface area contributed by atoms with Gasteiger partial charge in [0.25, 0.3) is 0 Å². The quantitative estimate of drug-likeness (QED) is 0.472. The maximum atomic E-state index is 10.7. The molecule has 0 saturated carbocycles. The first-order valence-electron chi connectivity index (χ1n) is 3.83. The Morgan fingerprint density at radius 2 is 1.73 bits per heavy atom. The van der Waals surface area contributed by atoms with Gasteiger partial charge in [0, 0.05) is 17.2 Å². The summed E-state index contributed by atoms with van der Waals surface area (Å²) in [6, 6.07) is 0. The lowest BCUT2D eigenvalue weighted by molar-refractivity contribution is -0.116. The molecule has 0 saturated heterocycles. The van der Waals surface area contributed by atoms with Crippen LogP contribution >= 0.6 is 23.2 Å². The standard InChI is InChI=1S/C8H14Cl2O/c1-2-8(7-11,3-5-9)4-6-10/h7H,2-6H2,1H3. The Labute approximate surface area is 78.1 Å². The van der Waals surface area contributed by atoms with Gasteiger partial charge in [-0.05, 0) is 19.3 Å². The third kappa shape index (κ3) is 3.44. The van der Waals surface area contributed by atoms with E-state index in [0.717, 1.165) is 25.5 Å². The van der Waals surface area contributed by atoms with Crippen LogP contribution in [0.25, 0.3) is 0 Å². The molecule has 0 heterocycles. The van der Waals surface area contributed by atoms with Crippen LogP contribution < -0.4 is 0 Å². The number of hydrogen-bond acceptors (Lipinski definition) is 1. The number of aldehydes is 1. The molecule has 0 aliphatic rings. The molecule has 0 atom stereocenters. The maximum absolute atomic E-state index is 10.7. The van der Waals surface area contributed by atoms with Crippen LogP contribution in [0.5, 0.6) is 0 Å². The Morgan fingerprint density at radius 1 is 1.27 bits per heavy atom. The van der Waals surface area contributed by atoms with Crippen LogP contribution in [0.3, 0.4) is 0 Å². The fourth-order valence-corrected chi connectivity index (χ4v) is 1.81. The summed E-state index contributed by atoms with van der Waals surface area (Å²) in [5, 5.41) is 0. The summed E-state index contributed by atoms with van der Waals surface area (Å²) in [6.45, 7) is 1.99. The van der Waals surface area contributed by atoms with Gasteiger partial charge in [-0.15, -0.1) is 23.2 Å². The van der Waals surface area contributed by atoms with Crippen molar-refractivity contribution >= 4 is 29.5 Å². The van der Waals surface area contributed by atoms with E-state index in [1.165, 1.54) is 0 Å². The van der Waals surface area contributed by atoms with Crippen molar-refractivity contribution in [2.24, 2.45) is 5.41 Å². The van der Waals surface area contributed by atoms with Crippen molar-refractivity contribution in [3.05, 3.63) is 0 Å². The molecular weight excluding hydrogens is 183 g/mol. The molecule has 0 radical (unpaired) electrons. The highest BCUT2D eigenvalue weighted by Crippen LogP contribution is 2.28. The van der Waals surface area contributed by atoms with E-state index in [9.17, 15) is 4.79 Å². The first-order valence-corrected chi connectivity index (χ1v) is 4.90. The highest BCUT2D eigenvalue weighted by molar-refractivity contribution is 6.18. The molecule has 0 aliphatic heterocycles. The van der Waals surface area contributed by atoms with Crippen LogP contribution in [0.1, 0.15) is 26.2 Å². The molecule has 11 heavy (non-hydrogen) atoms. The highest BCUT2D eigenvalue weighted by atomic mass is 35.5. The summed E-state index contributed by atoms with van der Waals surface area (Å²) < 4.78 is 0. The minimum atomic E-state index is -0.260. The second kappa shape index (κ2) is 5.84. The highest BCUT2D eigenvalue weighted by Gasteiger charge is 2.25. The van der Waals surface area contributed by atoms with E-state index in [2.05, 4.69) is 0 Å². The van der Waals surface area contributed by atoms with E-state index in [1.807, 2.05) is 6.92 Å². The molecule has 0 aromatic carbocycles. The van der Waals surface area contributed by atoms with E-state index in [4.69, 9.17) is 23.2 Å². The monoisotopic (exact) mass is 196 g/mol. The molecule has 0 N–H and O–H groups in total. The van der Waals surface area contributed by atoms with Gasteiger partial charge in [-0.1, -0.05) is 6.92 Å². The van der Waals surface area contributed by atoms with Gasteiger partial charge in [0.1, 0.15) is 6.29 Å². The lowest BCUT2D eigenvalue weighted by atomic mass is 9.81. The van der Waals surface area contributed by atoms with Gasteiger partial charge in [0.05, 0.1) is 0 Å². The average molecular weight is 197 g/mol. The molecule has 0 aromatic rings. The van der Waals surface area contributed by atoms with Crippen LogP contribution in [0.2, 0.25) is 0 Å². The molecule has 0 bridgehead atoms. The normalized spacial score (nSPS) is 11.5. The fourth-order valence-electron chi connectivity index (χ4n) is 1.06. The molecule has 66 valence electrons. The Balaban J connectivity index is 4.07. The van der Waals surface area contributed by atoms with Crippen LogP contribution in [0, 0.1) is 5.41 Å². The number of hydrogen-bond donors (Lipinski definition) is 0. The molecule has 3 heteroatoms. The van der Waals surface area contributed by atoms with Gasteiger partial charge < -0.3 is 4.79 Å². The van der Waals surface area contributed by atoms with E-state index in [1.54, 1.807) is 0 Å². The summed E-state index contributed by atoms with van der Waals surface area (Å²) in [4.78, 5) is 10.7. The second-order valence-electron chi connectivity index (χ2n) is 2.71. The first kappa shape index (κ1) is 11.2. The van der Waals surface area contributed by atoms with E-state index >= 15 is 0 Å². The van der Waals surface area contributed by atoms with E-state index in [-0.39, 0.29) is 5.41 Å². The predicted molar refractivity (Wildman–Crippen MR) is 49.5 cm³/mol. The Morgan fingerprint density at radius 3 is 1.91 bits per heavy atom. The molecule has 1 nitrogen and oxygen atoms in total. The largest absolute Gasteiger partial charge is 0.303 e. The summed E-state index contributed by atoms with van der Waals surface area (Å²) in [5.41, 5.74) is -0.260. The molecule has 0 aromatic heterocycles. The summed E-state index contributed by atoms with van der Waals surface area (Å²) in [7, 11) is 0. The van der Waals surface area contributed by atoms with Crippen molar-refractivity contribution < 1.29 is 4.79 Å². The number of halogens is 2. The zero-order valence-electron chi connectivity index (χ0n) is 6.78. The maximum Gasteiger partial charge on any atom is 0.126 e. The van der Waals surface area contributed by atoms with Gasteiger partial charge in [-0.25, -0.2) is 0 Å². The number of alkyl halides is 2. The number of rotatable bonds is 6. The zero-order valence-corrected chi connectivity index (χ0v) is 8.29. The summed E-state index contributed by atoms with van der Waals surface area (Å²) in [6.07, 6.45) is 3.30. The van der Waals surface area contributed by atoms with Gasteiger partial charge in [-0.3, -0.25) is 0 Å². The smallest absolute Gasteiger partial charge is 0.126 e. The summed E-state index contributed by atoms with van der Waals surface area (Å²) >= 11 is 11.2. The van der Waals surface area contributed by atoms with Crippen molar-refractivity contribution in [1.82, 2.24) is 0 Å². The lowest BCUT2D eigenvalue weighted by Gasteiger charge is -2.24. The molecule has 0 amide bonds. The van der Waals surface area contributed by atoms with E-state index in [0.29, 0.717) is 11.8 Å². The second-order valence-corrected chi connectivity index (χ2v) is 3.47. The molecule has 0 spiro atoms. The minimum Gasteiger partial charge on any atom is -0.303 e. The third-order valence-electron chi connectivity index (χ3n) is 2.14. The van der Waals surface area contributed by atoms with Gasteiger partial charge in [-0.2, -0.15) is 0 Å². The number of carbonyl (C=O) groups is 1. The zero-order chi connectivity index (χ0) is 8.74. The molecule has 0 rings (SSSR count). The van der Waals surface area contributed by atoms with E-state index < -0.39 is 0 Å². The fraction of sp³-hybridized carbons (Fsp3) is 0.875. The van der Waals surface area contributed by atoms with Gasteiger partial charge in [0.15, 0.2) is 0 Å². The van der Waals surface area contributed by atoms with Gasteiger partial charge >= 0.3 is 0 Å². The van der Waals surface area contributed by atoms with Crippen molar-refractivity contribution in [2.45, 2.75) is 26.2 Å². The molecule has 0 aliphatic carbocycles. The van der Waals surface area contributed by atoms with Crippen LogP contribution in [-0.4, -0.2) is 18.0 Å². The minimum absolute atomic E-state index is 0.260. The van der Waals surface area contributed by atoms with Gasteiger partial charge in [0.2, 0.25) is 0 Å². The number of carbonyl (C=O) groups excluding carboxylic acids is 1. The van der Waals surface area contributed by atoms with Crippen molar-refractivity contribution in [3.8, 4) is 0 Å². The Kier molecular flexibility index (Phi) is 5.98. The van der Waals surface area contributed by atoms with Crippen molar-refractivity contribution in [3.63, 3.8) is 0 Å². The lowest BCUT2D eigenvalue weighted by Crippen LogP contribution is -2.22. The summed E-state index contributed by atoms with van der Waals surface area (Å²) in [5.74, 6) is 1.06. The van der Waals surface area contributed by atoms with Crippen LogP contribution in [-0.2, 0) is 4.79 Å². The molecule has 0 unspecified atom stereocenters. The van der Waals surface area contributed by atoms with Crippen molar-refractivity contribution in [1.29, 1.82) is 0 Å². The SMILES string of the molecule is CCC(C=O)(CCCl)CCCl. The molecular formula is C8H14Cl2O. The van der Waals surface area contributed by atoms with Crippen molar-refractivity contribution in [2.75, 3.05) is 11.8 Å². The van der Waals surface area contributed by atoms with Crippen LogP contribution in [0.4, 0.5) is 0 Å².